The number of nitrogens with zero attached hydrogens (tertiary/aromatic N) is 1. The van der Waals surface area contributed by atoms with Gasteiger partial charge in [0.15, 0.2) is 0 Å². The van der Waals surface area contributed by atoms with E-state index in [0.717, 1.165) is 4.90 Å². The van der Waals surface area contributed by atoms with Gasteiger partial charge in [-0.15, -0.1) is 11.8 Å². The monoisotopic (exact) mass is 545 g/mol. The molecule has 35 heavy (non-hydrogen) atoms. The molecule has 1 aliphatic rings. The van der Waals surface area contributed by atoms with Gasteiger partial charge in [0.25, 0.3) is 0 Å². The number of hydrogen-bond acceptors (Lipinski definition) is 6. The van der Waals surface area contributed by atoms with Crippen LogP contribution in [0.3, 0.4) is 0 Å². The Kier molecular flexibility index (Phi) is 11.7. The molecule has 0 aliphatic carbocycles. The first-order valence-electron chi connectivity index (χ1n) is 11.1. The van der Waals surface area contributed by atoms with Gasteiger partial charge in [0.1, 0.15) is 6.04 Å². The highest BCUT2D eigenvalue weighted by Crippen LogP contribution is 2.35. The average molecular weight is 546 g/mol. The number of rotatable bonds is 10. The van der Waals surface area contributed by atoms with E-state index in [1.54, 1.807) is 17.0 Å². The Morgan fingerprint density at radius 2 is 1.91 bits per heavy atom. The van der Waals surface area contributed by atoms with Crippen LogP contribution in [-0.4, -0.2) is 72.4 Å². The molecule has 1 fully saturated rings. The van der Waals surface area contributed by atoms with E-state index in [0.29, 0.717) is 48.0 Å². The lowest BCUT2D eigenvalue weighted by atomic mass is 9.95. The molecule has 1 heterocycles. The van der Waals surface area contributed by atoms with Crippen molar-refractivity contribution in [3.05, 3.63) is 33.8 Å². The second-order valence-electron chi connectivity index (χ2n) is 7.83. The summed E-state index contributed by atoms with van der Waals surface area (Å²) in [7, 11) is 0. The molecule has 3 N–H and O–H groups in total. The zero-order valence-electron chi connectivity index (χ0n) is 19.5. The van der Waals surface area contributed by atoms with Crippen LogP contribution in [0.15, 0.2) is 23.1 Å². The molecule has 0 saturated carbocycles. The van der Waals surface area contributed by atoms with Crippen molar-refractivity contribution in [2.75, 3.05) is 32.5 Å². The highest BCUT2D eigenvalue weighted by Gasteiger charge is 2.30. The van der Waals surface area contributed by atoms with Gasteiger partial charge in [-0.3, -0.25) is 9.59 Å². The van der Waals surface area contributed by atoms with Crippen molar-refractivity contribution < 1.29 is 29.0 Å². The van der Waals surface area contributed by atoms with Crippen molar-refractivity contribution in [2.24, 2.45) is 5.92 Å². The van der Waals surface area contributed by atoms with Crippen LogP contribution in [0.1, 0.15) is 31.7 Å². The number of carbonyl (C=O) groups excluding carboxylic acids is 3. The summed E-state index contributed by atoms with van der Waals surface area (Å²) in [6.07, 6.45) is 5.59. The third kappa shape index (κ3) is 8.63. The van der Waals surface area contributed by atoms with E-state index in [2.05, 4.69) is 10.6 Å². The van der Waals surface area contributed by atoms with Gasteiger partial charge in [-0.1, -0.05) is 36.2 Å². The molecule has 1 aromatic carbocycles. The number of carboxylic acid groups (broad SMARTS) is 1. The van der Waals surface area contributed by atoms with E-state index in [4.69, 9.17) is 27.9 Å². The number of amides is 3. The number of piperidine rings is 1. The lowest BCUT2D eigenvalue weighted by Gasteiger charge is -2.31. The number of nitrogens with one attached hydrogen (secondary N) is 2. The van der Waals surface area contributed by atoms with Gasteiger partial charge >= 0.3 is 12.1 Å². The minimum absolute atomic E-state index is 0.216. The third-order valence-corrected chi connectivity index (χ3v) is 7.17. The zero-order valence-corrected chi connectivity index (χ0v) is 21.8. The van der Waals surface area contributed by atoms with E-state index in [9.17, 15) is 24.3 Å². The van der Waals surface area contributed by atoms with Crippen LogP contribution < -0.4 is 10.6 Å². The molecule has 192 valence electrons. The number of halogens is 2. The number of aliphatic carboxylic acids is 1. The van der Waals surface area contributed by atoms with Gasteiger partial charge in [0.2, 0.25) is 11.8 Å². The van der Waals surface area contributed by atoms with Crippen molar-refractivity contribution in [3.8, 4) is 0 Å². The normalized spacial score (nSPS) is 15.0. The average Bonchev–Trinajstić information content (AvgIpc) is 2.85. The van der Waals surface area contributed by atoms with Crippen LogP contribution >= 0.6 is 35.0 Å². The summed E-state index contributed by atoms with van der Waals surface area (Å²) in [5.41, 5.74) is 0.629. The quantitative estimate of drug-likeness (QED) is 0.302. The minimum Gasteiger partial charge on any atom is -0.480 e. The first-order valence-corrected chi connectivity index (χ1v) is 13.1. The molecule has 9 nitrogen and oxygen atoms in total. The number of benzene rings is 1. The Hall–Kier alpha value is -2.43. The van der Waals surface area contributed by atoms with E-state index in [1.165, 1.54) is 17.8 Å². The van der Waals surface area contributed by atoms with Crippen molar-refractivity contribution in [1.29, 1.82) is 0 Å². The van der Waals surface area contributed by atoms with Crippen LogP contribution in [0.4, 0.5) is 4.79 Å². The van der Waals surface area contributed by atoms with Crippen molar-refractivity contribution in [1.82, 2.24) is 15.5 Å². The fraction of sp³-hybridized carbons (Fsp3) is 0.478. The second kappa shape index (κ2) is 14.2. The number of likely N-dealkylation sites (tertiary alicyclic amines) is 1. The number of carbonyl (C=O) groups is 4. The van der Waals surface area contributed by atoms with Crippen molar-refractivity contribution in [2.45, 2.75) is 37.1 Å². The topological polar surface area (TPSA) is 125 Å². The zero-order chi connectivity index (χ0) is 26.0. The molecule has 12 heteroatoms. The summed E-state index contributed by atoms with van der Waals surface area (Å²) in [5, 5.41) is 15.0. The molecule has 3 amide bonds. The van der Waals surface area contributed by atoms with Gasteiger partial charge < -0.3 is 25.4 Å². The maximum absolute atomic E-state index is 12.6. The molecule has 1 aromatic rings. The molecule has 1 saturated heterocycles. The first-order chi connectivity index (χ1) is 16.7. The molecular formula is C23H29Cl2N3O6S. The van der Waals surface area contributed by atoms with Crippen molar-refractivity contribution >= 4 is 64.9 Å². The summed E-state index contributed by atoms with van der Waals surface area (Å²) >= 11 is 14.0. The molecule has 0 bridgehead atoms. The Labute approximate surface area is 218 Å². The molecular weight excluding hydrogens is 517 g/mol. The standard InChI is InChI=1S/C23H29Cl2N3O6S/c1-3-12-34-23(33)26-13-16(22(31)32)27-21(30)15-8-10-28(11-9-15)18(29)7-5-14-4-6-17(35-2)20(25)19(14)24/h4-7,15-16H,3,8-13H2,1-2H3,(H,26,33)(H,27,30)(H,31,32)/b7-5+/t16-/m0/s1. The van der Waals surface area contributed by atoms with Crippen LogP contribution in [0.25, 0.3) is 6.08 Å². The van der Waals surface area contributed by atoms with Crippen molar-refractivity contribution in [3.63, 3.8) is 0 Å². The highest BCUT2D eigenvalue weighted by atomic mass is 35.5. The summed E-state index contributed by atoms with van der Waals surface area (Å²) in [6.45, 7) is 2.45. The highest BCUT2D eigenvalue weighted by molar-refractivity contribution is 7.98. The van der Waals surface area contributed by atoms with Crippen LogP contribution in [0.5, 0.6) is 0 Å². The molecule has 0 radical (unpaired) electrons. The predicted molar refractivity (Wildman–Crippen MR) is 136 cm³/mol. The summed E-state index contributed by atoms with van der Waals surface area (Å²) < 4.78 is 4.83. The maximum Gasteiger partial charge on any atom is 0.407 e. The van der Waals surface area contributed by atoms with Crippen LogP contribution in [0.2, 0.25) is 10.0 Å². The third-order valence-electron chi connectivity index (χ3n) is 5.38. The lowest BCUT2D eigenvalue weighted by molar-refractivity contribution is -0.142. The molecule has 0 unspecified atom stereocenters. The van der Waals surface area contributed by atoms with E-state index < -0.39 is 29.9 Å². The molecule has 2 rings (SSSR count). The van der Waals surface area contributed by atoms with Gasteiger partial charge in [0, 0.05) is 30.0 Å². The van der Waals surface area contributed by atoms with Gasteiger partial charge in [-0.2, -0.15) is 0 Å². The van der Waals surface area contributed by atoms with Gasteiger partial charge in [-0.25, -0.2) is 9.59 Å². The summed E-state index contributed by atoms with van der Waals surface area (Å²) in [4.78, 5) is 50.6. The lowest BCUT2D eigenvalue weighted by Crippen LogP contribution is -2.51. The molecule has 1 atom stereocenters. The van der Waals surface area contributed by atoms with Gasteiger partial charge in [0.05, 0.1) is 23.2 Å². The predicted octanol–water partition coefficient (Wildman–Crippen LogP) is 3.67. The fourth-order valence-corrected chi connectivity index (χ4v) is 4.56. The molecule has 0 aromatic heterocycles. The summed E-state index contributed by atoms with van der Waals surface area (Å²) in [6, 6.07) is 2.34. The fourth-order valence-electron chi connectivity index (χ4n) is 3.38. The Morgan fingerprint density at radius 1 is 1.23 bits per heavy atom. The van der Waals surface area contributed by atoms with Gasteiger partial charge in [-0.05, 0) is 43.2 Å². The second-order valence-corrected chi connectivity index (χ2v) is 9.44. The number of hydrogen-bond donors (Lipinski definition) is 3. The van der Waals surface area contributed by atoms with E-state index >= 15 is 0 Å². The smallest absolute Gasteiger partial charge is 0.407 e. The molecule has 0 spiro atoms. The van der Waals surface area contributed by atoms with E-state index in [-0.39, 0.29) is 19.1 Å². The largest absolute Gasteiger partial charge is 0.480 e. The number of ether oxygens (including phenoxy) is 1. The first kappa shape index (κ1) is 28.8. The Morgan fingerprint density at radius 3 is 2.51 bits per heavy atom. The van der Waals surface area contributed by atoms with Crippen LogP contribution in [0, 0.1) is 5.92 Å². The Bertz CT molecular complexity index is 967. The minimum atomic E-state index is -1.28. The SMILES string of the molecule is CCCOC(=O)NC[C@H](NC(=O)C1CCN(C(=O)/C=C/c2ccc(SC)c(Cl)c2Cl)CC1)C(=O)O. The van der Waals surface area contributed by atoms with E-state index in [1.807, 2.05) is 19.2 Å². The number of alkyl carbamates (subject to hydrolysis) is 1. The van der Waals surface area contributed by atoms with Crippen LogP contribution in [-0.2, 0) is 19.1 Å². The maximum atomic E-state index is 12.6. The number of carboxylic acids is 1. The number of thioether (sulfide) groups is 1. The summed E-state index contributed by atoms with van der Waals surface area (Å²) in [5.74, 6) is -2.36. The molecule has 1 aliphatic heterocycles. The Balaban J connectivity index is 1.86.